The molecule has 2 amide bonds. The van der Waals surface area contributed by atoms with Crippen LogP contribution >= 0.6 is 0 Å². The Morgan fingerprint density at radius 1 is 0.824 bits per heavy atom. The zero-order valence-corrected chi connectivity index (χ0v) is 20.3. The van der Waals surface area contributed by atoms with Crippen LogP contribution in [0.1, 0.15) is 48.4 Å². The first kappa shape index (κ1) is 26.7. The third-order valence-corrected chi connectivity index (χ3v) is 4.50. The number of carbonyl (C=O) groups excluding carboxylic acids is 3. The molecular formula is C25H33N3O6. The topological polar surface area (TPSA) is 129 Å². The lowest BCUT2D eigenvalue weighted by molar-refractivity contribution is -0.114. The van der Waals surface area contributed by atoms with Gasteiger partial charge in [-0.25, -0.2) is 4.79 Å². The number of esters is 1. The van der Waals surface area contributed by atoms with Crippen LogP contribution < -0.4 is 25.8 Å². The van der Waals surface area contributed by atoms with Crippen LogP contribution in [0, 0.1) is 11.8 Å². The highest BCUT2D eigenvalue weighted by Crippen LogP contribution is 2.30. The summed E-state index contributed by atoms with van der Waals surface area (Å²) < 4.78 is 16.4. The van der Waals surface area contributed by atoms with E-state index in [9.17, 15) is 14.4 Å². The Morgan fingerprint density at radius 2 is 1.32 bits per heavy atom. The van der Waals surface area contributed by atoms with E-state index in [1.165, 1.54) is 13.2 Å². The lowest BCUT2D eigenvalue weighted by Gasteiger charge is -2.17. The molecule has 9 nitrogen and oxygen atoms in total. The second-order valence-electron chi connectivity index (χ2n) is 8.53. The molecule has 0 spiro atoms. The molecule has 0 heterocycles. The molecule has 0 saturated carbocycles. The van der Waals surface area contributed by atoms with Gasteiger partial charge < -0.3 is 30.6 Å². The Labute approximate surface area is 199 Å². The summed E-state index contributed by atoms with van der Waals surface area (Å²) in [7, 11) is 1.30. The van der Waals surface area contributed by atoms with Crippen molar-refractivity contribution in [3.8, 4) is 11.5 Å². The molecule has 0 saturated heterocycles. The van der Waals surface area contributed by atoms with E-state index in [-0.39, 0.29) is 24.3 Å². The first-order valence-corrected chi connectivity index (χ1v) is 11.1. The molecule has 0 aromatic heterocycles. The predicted molar refractivity (Wildman–Crippen MR) is 131 cm³/mol. The number of benzene rings is 2. The first-order valence-electron chi connectivity index (χ1n) is 11.1. The number of carbonyl (C=O) groups is 3. The number of amides is 2. The molecule has 0 atom stereocenters. The fourth-order valence-electron chi connectivity index (χ4n) is 2.78. The Balaban J connectivity index is 2.33. The van der Waals surface area contributed by atoms with Gasteiger partial charge in [0.1, 0.15) is 11.5 Å². The van der Waals surface area contributed by atoms with Crippen molar-refractivity contribution < 1.29 is 28.6 Å². The number of hydrogen-bond donors (Lipinski definition) is 3. The summed E-state index contributed by atoms with van der Waals surface area (Å²) in [5, 5.41) is 5.49. The Hall–Kier alpha value is -3.59. The molecule has 2 aromatic rings. The minimum absolute atomic E-state index is 0.174. The Kier molecular flexibility index (Phi) is 9.88. The zero-order chi connectivity index (χ0) is 25.3. The van der Waals surface area contributed by atoms with Crippen LogP contribution in [0.5, 0.6) is 11.5 Å². The molecule has 2 aromatic carbocycles. The van der Waals surface area contributed by atoms with Crippen molar-refractivity contribution in [3.63, 3.8) is 0 Å². The van der Waals surface area contributed by atoms with Crippen LogP contribution in [0.25, 0.3) is 0 Å². The summed E-state index contributed by atoms with van der Waals surface area (Å²) >= 11 is 0. The second-order valence-corrected chi connectivity index (χ2v) is 8.53. The summed E-state index contributed by atoms with van der Waals surface area (Å²) in [5.41, 5.74) is 6.85. The monoisotopic (exact) mass is 471 g/mol. The molecular weight excluding hydrogens is 438 g/mol. The maximum Gasteiger partial charge on any atom is 0.337 e. The van der Waals surface area contributed by atoms with E-state index < -0.39 is 11.9 Å². The number of ether oxygens (including phenoxy) is 3. The van der Waals surface area contributed by atoms with Gasteiger partial charge in [0.2, 0.25) is 5.91 Å². The molecule has 4 N–H and O–H groups in total. The van der Waals surface area contributed by atoms with Gasteiger partial charge in [0.05, 0.1) is 43.8 Å². The van der Waals surface area contributed by atoms with Gasteiger partial charge in [0.25, 0.3) is 5.91 Å². The zero-order valence-electron chi connectivity index (χ0n) is 20.3. The van der Waals surface area contributed by atoms with Crippen molar-refractivity contribution in [1.82, 2.24) is 0 Å². The van der Waals surface area contributed by atoms with Gasteiger partial charge in [0.15, 0.2) is 0 Å². The average Bonchev–Trinajstić information content (AvgIpc) is 2.81. The van der Waals surface area contributed by atoms with Gasteiger partial charge in [-0.05, 0) is 48.2 Å². The molecule has 184 valence electrons. The van der Waals surface area contributed by atoms with Crippen molar-refractivity contribution in [2.24, 2.45) is 17.6 Å². The summed E-state index contributed by atoms with van der Waals surface area (Å²) in [6, 6.07) is 9.39. The van der Waals surface area contributed by atoms with Crippen molar-refractivity contribution in [3.05, 3.63) is 47.5 Å². The quantitative estimate of drug-likeness (QED) is 0.426. The fourth-order valence-corrected chi connectivity index (χ4v) is 2.78. The van der Waals surface area contributed by atoms with Gasteiger partial charge in [-0.15, -0.1) is 0 Å². The third-order valence-electron chi connectivity index (χ3n) is 4.50. The molecule has 0 aliphatic rings. The molecule has 0 fully saturated rings. The Bertz CT molecular complexity index is 1020. The van der Waals surface area contributed by atoms with Crippen molar-refractivity contribution in [1.29, 1.82) is 0 Å². The van der Waals surface area contributed by atoms with Crippen molar-refractivity contribution in [2.75, 3.05) is 37.5 Å². The van der Waals surface area contributed by atoms with E-state index in [0.29, 0.717) is 47.2 Å². The highest BCUT2D eigenvalue weighted by molar-refractivity contribution is 6.06. The van der Waals surface area contributed by atoms with Gasteiger partial charge in [0, 0.05) is 5.56 Å². The summed E-state index contributed by atoms with van der Waals surface area (Å²) in [6.07, 6.45) is 0. The summed E-state index contributed by atoms with van der Waals surface area (Å²) in [5.74, 6) is -0.0924. The van der Waals surface area contributed by atoms with E-state index in [4.69, 9.17) is 19.9 Å². The van der Waals surface area contributed by atoms with E-state index in [1.54, 1.807) is 30.3 Å². The molecule has 9 heteroatoms. The fraction of sp³-hybridized carbons (Fsp3) is 0.400. The largest absolute Gasteiger partial charge is 0.491 e. The maximum absolute atomic E-state index is 13.0. The second kappa shape index (κ2) is 12.6. The molecule has 0 aliphatic heterocycles. The van der Waals surface area contributed by atoms with Gasteiger partial charge in [-0.1, -0.05) is 27.7 Å². The minimum atomic E-state index is -0.505. The van der Waals surface area contributed by atoms with Crippen LogP contribution in [0.2, 0.25) is 0 Å². The minimum Gasteiger partial charge on any atom is -0.491 e. The smallest absolute Gasteiger partial charge is 0.337 e. The maximum atomic E-state index is 13.0. The highest BCUT2D eigenvalue weighted by Gasteiger charge is 2.17. The molecule has 34 heavy (non-hydrogen) atoms. The number of nitrogens with one attached hydrogen (secondary N) is 2. The highest BCUT2D eigenvalue weighted by atomic mass is 16.5. The van der Waals surface area contributed by atoms with Crippen LogP contribution in [-0.2, 0) is 9.53 Å². The number of rotatable bonds is 11. The van der Waals surface area contributed by atoms with Crippen LogP contribution in [0.3, 0.4) is 0 Å². The molecule has 0 aliphatic carbocycles. The van der Waals surface area contributed by atoms with E-state index in [1.807, 2.05) is 27.7 Å². The SMILES string of the molecule is COC(=O)c1ccc(NC(=O)c2ccc(NC(=O)CN)c(OCC(C)C)c2)c(OCC(C)C)c1. The number of anilines is 2. The van der Waals surface area contributed by atoms with E-state index >= 15 is 0 Å². The van der Waals surface area contributed by atoms with Gasteiger partial charge in [-0.3, -0.25) is 9.59 Å². The predicted octanol–water partition coefficient (Wildman–Crippen LogP) is 3.69. The molecule has 0 bridgehead atoms. The van der Waals surface area contributed by atoms with Crippen molar-refractivity contribution in [2.45, 2.75) is 27.7 Å². The summed E-state index contributed by atoms with van der Waals surface area (Å²) in [6.45, 7) is 8.59. The van der Waals surface area contributed by atoms with E-state index in [0.717, 1.165) is 0 Å². The van der Waals surface area contributed by atoms with Crippen LogP contribution in [0.4, 0.5) is 11.4 Å². The van der Waals surface area contributed by atoms with E-state index in [2.05, 4.69) is 10.6 Å². The lowest BCUT2D eigenvalue weighted by Crippen LogP contribution is -2.22. The van der Waals surface area contributed by atoms with Gasteiger partial charge in [-0.2, -0.15) is 0 Å². The normalized spacial score (nSPS) is 10.7. The molecule has 0 radical (unpaired) electrons. The molecule has 2 rings (SSSR count). The number of methoxy groups -OCH3 is 1. The number of hydrogen-bond acceptors (Lipinski definition) is 7. The first-order chi connectivity index (χ1) is 16.1. The van der Waals surface area contributed by atoms with Crippen LogP contribution in [0.15, 0.2) is 36.4 Å². The summed E-state index contributed by atoms with van der Waals surface area (Å²) in [4.78, 5) is 36.7. The third kappa shape index (κ3) is 7.77. The standard InChI is InChI=1S/C25H33N3O6/c1-15(2)13-33-21-10-17(6-8-19(21)27-23(29)12-26)24(30)28-20-9-7-18(25(31)32-5)11-22(20)34-14-16(3)4/h6-11,15-16H,12-14,26H2,1-5H3,(H,27,29)(H,28,30). The number of nitrogens with two attached hydrogens (primary N) is 1. The lowest BCUT2D eigenvalue weighted by atomic mass is 10.1. The molecule has 0 unspecified atom stereocenters. The van der Waals surface area contributed by atoms with Crippen LogP contribution in [-0.4, -0.2) is 44.7 Å². The average molecular weight is 472 g/mol. The van der Waals surface area contributed by atoms with Crippen molar-refractivity contribution >= 4 is 29.2 Å². The Morgan fingerprint density at radius 3 is 1.82 bits per heavy atom. The van der Waals surface area contributed by atoms with Gasteiger partial charge >= 0.3 is 5.97 Å².